The Balaban J connectivity index is 2.08. The van der Waals surface area contributed by atoms with E-state index >= 15 is 0 Å². The molecule has 1 aliphatic carbocycles. The fourth-order valence-electron chi connectivity index (χ4n) is 0.916. The Morgan fingerprint density at radius 3 is 2.50 bits per heavy atom. The van der Waals surface area contributed by atoms with Gasteiger partial charge in [0.2, 0.25) is 0 Å². The predicted octanol–water partition coefficient (Wildman–Crippen LogP) is 1.23. The van der Waals surface area contributed by atoms with Crippen LogP contribution in [0.2, 0.25) is 0 Å². The molecule has 2 heteroatoms. The Kier molecular flexibility index (Phi) is 2.20. The molecule has 0 aromatic heterocycles. The second kappa shape index (κ2) is 2.74. The number of rotatable bonds is 2. The van der Waals surface area contributed by atoms with Gasteiger partial charge in [0.1, 0.15) is 0 Å². The van der Waals surface area contributed by atoms with Crippen molar-refractivity contribution in [2.45, 2.75) is 31.1 Å². The highest BCUT2D eigenvalue weighted by molar-refractivity contribution is 7.99. The van der Waals surface area contributed by atoms with Crippen LogP contribution in [0, 0.1) is 0 Å². The third kappa shape index (κ3) is 1.17. The summed E-state index contributed by atoms with van der Waals surface area (Å²) >= 11 is 2.00. The largest absolute Gasteiger partial charge is 0.327 e. The van der Waals surface area contributed by atoms with Crippen molar-refractivity contribution < 1.29 is 0 Å². The number of hydrogen-bond acceptors (Lipinski definition) is 2. The van der Waals surface area contributed by atoms with Gasteiger partial charge in [0.25, 0.3) is 0 Å². The molecule has 2 N–H and O–H groups in total. The van der Waals surface area contributed by atoms with Crippen LogP contribution in [0.3, 0.4) is 0 Å². The summed E-state index contributed by atoms with van der Waals surface area (Å²) in [4.78, 5) is 0. The van der Waals surface area contributed by atoms with Crippen LogP contribution in [0.5, 0.6) is 0 Å². The van der Waals surface area contributed by atoms with E-state index in [1.54, 1.807) is 0 Å². The van der Waals surface area contributed by atoms with E-state index in [1.807, 2.05) is 11.8 Å². The van der Waals surface area contributed by atoms with Crippen LogP contribution in [0.15, 0.2) is 0 Å². The second-order valence-electron chi connectivity index (χ2n) is 2.23. The summed E-state index contributed by atoms with van der Waals surface area (Å²) < 4.78 is 0. The highest BCUT2D eigenvalue weighted by atomic mass is 32.2. The molecule has 8 heavy (non-hydrogen) atoms. The first kappa shape index (κ1) is 6.43. The lowest BCUT2D eigenvalue weighted by Crippen LogP contribution is -2.41. The molecule has 0 radical (unpaired) electrons. The molecule has 0 saturated heterocycles. The molecule has 1 fully saturated rings. The van der Waals surface area contributed by atoms with Crippen molar-refractivity contribution in [1.29, 1.82) is 0 Å². The van der Waals surface area contributed by atoms with Crippen LogP contribution < -0.4 is 5.73 Å². The van der Waals surface area contributed by atoms with E-state index in [0.717, 1.165) is 5.25 Å². The molecule has 0 aliphatic heterocycles. The lowest BCUT2D eigenvalue weighted by atomic mass is 9.93. The van der Waals surface area contributed by atoms with Gasteiger partial charge in [-0.25, -0.2) is 0 Å². The van der Waals surface area contributed by atoms with Crippen molar-refractivity contribution in [2.24, 2.45) is 5.73 Å². The Morgan fingerprint density at radius 2 is 2.38 bits per heavy atom. The quantitative estimate of drug-likeness (QED) is 0.610. The van der Waals surface area contributed by atoms with Crippen molar-refractivity contribution >= 4 is 11.8 Å². The third-order valence-corrected chi connectivity index (χ3v) is 2.99. The normalized spacial score (nSPS) is 36.8. The fourth-order valence-corrected chi connectivity index (χ4v) is 2.03. The molecule has 0 bridgehead atoms. The van der Waals surface area contributed by atoms with E-state index in [0.29, 0.717) is 6.04 Å². The van der Waals surface area contributed by atoms with Gasteiger partial charge in [-0.05, 0) is 18.6 Å². The van der Waals surface area contributed by atoms with Gasteiger partial charge in [0.15, 0.2) is 0 Å². The first-order valence-corrected chi connectivity index (χ1v) is 4.26. The van der Waals surface area contributed by atoms with Crippen molar-refractivity contribution in [3.8, 4) is 0 Å². The Bertz CT molecular complexity index is 74.9. The molecule has 0 amide bonds. The summed E-state index contributed by atoms with van der Waals surface area (Å²) in [5.41, 5.74) is 5.69. The molecule has 48 valence electrons. The average Bonchev–Trinajstić information content (AvgIpc) is 1.79. The van der Waals surface area contributed by atoms with Crippen molar-refractivity contribution in [1.82, 2.24) is 0 Å². The zero-order chi connectivity index (χ0) is 5.98. The molecule has 2 unspecified atom stereocenters. The standard InChI is InChI=1S/C6H13NS/c1-2-8-6-4-3-5(6)7/h5-6H,2-4,7H2,1H3. The van der Waals surface area contributed by atoms with E-state index in [4.69, 9.17) is 5.73 Å². The van der Waals surface area contributed by atoms with Gasteiger partial charge in [0.05, 0.1) is 0 Å². The van der Waals surface area contributed by atoms with Gasteiger partial charge in [-0.3, -0.25) is 0 Å². The molecule has 0 aromatic carbocycles. The molecular formula is C6H13NS. The van der Waals surface area contributed by atoms with Crippen LogP contribution in [0.1, 0.15) is 19.8 Å². The van der Waals surface area contributed by atoms with Crippen LogP contribution in [-0.4, -0.2) is 17.0 Å². The van der Waals surface area contributed by atoms with Crippen molar-refractivity contribution in [3.63, 3.8) is 0 Å². The van der Waals surface area contributed by atoms with Crippen LogP contribution >= 0.6 is 11.8 Å². The monoisotopic (exact) mass is 131 g/mol. The average molecular weight is 131 g/mol. The molecule has 0 heterocycles. The summed E-state index contributed by atoms with van der Waals surface area (Å²) in [5.74, 6) is 1.22. The van der Waals surface area contributed by atoms with Gasteiger partial charge in [0, 0.05) is 11.3 Å². The molecule has 1 aliphatic rings. The molecule has 1 rings (SSSR count). The van der Waals surface area contributed by atoms with E-state index in [9.17, 15) is 0 Å². The third-order valence-electron chi connectivity index (χ3n) is 1.64. The van der Waals surface area contributed by atoms with E-state index in [1.165, 1.54) is 18.6 Å². The van der Waals surface area contributed by atoms with E-state index in [-0.39, 0.29) is 0 Å². The summed E-state index contributed by atoms with van der Waals surface area (Å²) in [6.07, 6.45) is 2.59. The number of hydrogen-bond donors (Lipinski definition) is 1. The minimum atomic E-state index is 0.514. The van der Waals surface area contributed by atoms with E-state index in [2.05, 4.69) is 6.92 Å². The van der Waals surface area contributed by atoms with Crippen molar-refractivity contribution in [3.05, 3.63) is 0 Å². The van der Waals surface area contributed by atoms with Crippen LogP contribution in [0.25, 0.3) is 0 Å². The Morgan fingerprint density at radius 1 is 1.62 bits per heavy atom. The summed E-state index contributed by atoms with van der Waals surface area (Å²) in [6.45, 7) is 2.19. The maximum Gasteiger partial charge on any atom is 0.0199 e. The van der Waals surface area contributed by atoms with Gasteiger partial charge >= 0.3 is 0 Å². The predicted molar refractivity (Wildman–Crippen MR) is 39.1 cm³/mol. The maximum atomic E-state index is 5.69. The molecule has 1 saturated carbocycles. The van der Waals surface area contributed by atoms with Crippen LogP contribution in [-0.2, 0) is 0 Å². The topological polar surface area (TPSA) is 26.0 Å². The number of nitrogens with two attached hydrogens (primary N) is 1. The minimum absolute atomic E-state index is 0.514. The number of thioether (sulfide) groups is 1. The van der Waals surface area contributed by atoms with Crippen molar-refractivity contribution in [2.75, 3.05) is 5.75 Å². The summed E-state index contributed by atoms with van der Waals surface area (Å²) in [6, 6.07) is 0.514. The summed E-state index contributed by atoms with van der Waals surface area (Å²) in [5, 5.41) is 0.792. The smallest absolute Gasteiger partial charge is 0.0199 e. The van der Waals surface area contributed by atoms with Crippen LogP contribution in [0.4, 0.5) is 0 Å². The lowest BCUT2D eigenvalue weighted by Gasteiger charge is -2.32. The molecular weight excluding hydrogens is 118 g/mol. The second-order valence-corrected chi connectivity index (χ2v) is 3.75. The zero-order valence-electron chi connectivity index (χ0n) is 5.26. The van der Waals surface area contributed by atoms with Gasteiger partial charge < -0.3 is 5.73 Å². The SMILES string of the molecule is CCSC1CCC1N. The van der Waals surface area contributed by atoms with Gasteiger partial charge in [-0.15, -0.1) is 0 Å². The van der Waals surface area contributed by atoms with Gasteiger partial charge in [-0.2, -0.15) is 11.8 Å². The highest BCUT2D eigenvalue weighted by Crippen LogP contribution is 2.29. The maximum absolute atomic E-state index is 5.69. The molecule has 0 aromatic rings. The molecule has 0 spiro atoms. The van der Waals surface area contributed by atoms with Gasteiger partial charge in [-0.1, -0.05) is 6.92 Å². The Labute approximate surface area is 55.0 Å². The molecule has 1 nitrogen and oxygen atoms in total. The minimum Gasteiger partial charge on any atom is -0.327 e. The highest BCUT2D eigenvalue weighted by Gasteiger charge is 2.26. The fraction of sp³-hybridized carbons (Fsp3) is 1.00. The zero-order valence-corrected chi connectivity index (χ0v) is 6.08. The summed E-state index contributed by atoms with van der Waals surface area (Å²) in [7, 11) is 0. The lowest BCUT2D eigenvalue weighted by molar-refractivity contribution is 0.434. The Hall–Kier alpha value is 0.310. The molecule has 2 atom stereocenters. The van der Waals surface area contributed by atoms with E-state index < -0.39 is 0 Å². The first-order chi connectivity index (χ1) is 3.84. The first-order valence-electron chi connectivity index (χ1n) is 3.21.